The Morgan fingerprint density at radius 2 is 1.65 bits per heavy atom. The van der Waals surface area contributed by atoms with Crippen LogP contribution in [0.5, 0.6) is 0 Å². The van der Waals surface area contributed by atoms with Gasteiger partial charge in [-0.15, -0.1) is 0 Å². The Kier molecular flexibility index (Phi) is 15.3. The molecule has 0 aliphatic rings. The average Bonchev–Trinajstić information content (AvgIpc) is 2.88. The molecule has 1 unspecified atom stereocenters. The van der Waals surface area contributed by atoms with Crippen molar-refractivity contribution < 1.29 is 14.6 Å². The van der Waals surface area contributed by atoms with Crippen molar-refractivity contribution in [3.05, 3.63) is 60.1 Å². The zero-order valence-corrected chi connectivity index (χ0v) is 25.0. The molecule has 2 rings (SSSR count). The number of nitrogens with zero attached hydrogens (tertiary/aromatic N) is 3. The van der Waals surface area contributed by atoms with Crippen molar-refractivity contribution in [2.24, 2.45) is 0 Å². The molecule has 0 aromatic carbocycles. The van der Waals surface area contributed by atoms with Crippen LogP contribution in [-0.4, -0.2) is 39.9 Å². The number of aliphatic hydroxyl groups excluding tert-OH is 1. The molecule has 0 spiro atoms. The van der Waals surface area contributed by atoms with Crippen LogP contribution in [0.4, 0.5) is 10.6 Å². The van der Waals surface area contributed by atoms with E-state index in [2.05, 4.69) is 30.4 Å². The molecule has 1 atom stereocenters. The summed E-state index contributed by atoms with van der Waals surface area (Å²) in [5.74, 6) is 0.489. The van der Waals surface area contributed by atoms with Crippen LogP contribution in [0.1, 0.15) is 94.2 Å². The number of carbonyl (C=O) groups is 1. The Morgan fingerprint density at radius 1 is 1.11 bits per heavy atom. The second-order valence-corrected chi connectivity index (χ2v) is 9.53. The van der Waals surface area contributed by atoms with Gasteiger partial charge in [0.1, 0.15) is 11.4 Å². The zero-order valence-electron chi connectivity index (χ0n) is 25.0. The molecular weight excluding hydrogens is 462 g/mol. The first-order chi connectivity index (χ1) is 17.4. The number of allylic oxidation sites excluding steroid dienone is 3. The Labute approximate surface area is 225 Å². The number of aromatic nitrogens is 2. The van der Waals surface area contributed by atoms with E-state index in [0.717, 1.165) is 27.6 Å². The monoisotopic (exact) mass is 511 g/mol. The summed E-state index contributed by atoms with van der Waals surface area (Å²) in [6.07, 6.45) is 9.62. The average molecular weight is 512 g/mol. The molecule has 0 bridgehead atoms. The van der Waals surface area contributed by atoms with Crippen LogP contribution in [0, 0.1) is 0 Å². The van der Waals surface area contributed by atoms with Gasteiger partial charge in [-0.25, -0.2) is 9.78 Å². The van der Waals surface area contributed by atoms with E-state index in [9.17, 15) is 9.90 Å². The summed E-state index contributed by atoms with van der Waals surface area (Å²) in [4.78, 5) is 22.7. The SMILES string of the molecule is C=C(/C=C(C)\C(=C/C)c1cc2cnc(N(C)C(=O)OC(C)(C)C)cc2cn1)C(O)CC.CC.CCCC. The number of unbranched alkanes of at least 4 members (excludes halogenated alkanes) is 1. The summed E-state index contributed by atoms with van der Waals surface area (Å²) in [7, 11) is 1.63. The topological polar surface area (TPSA) is 75.6 Å². The molecule has 206 valence electrons. The third-order valence-corrected chi connectivity index (χ3v) is 5.31. The van der Waals surface area contributed by atoms with Gasteiger partial charge in [0.25, 0.3) is 0 Å². The first-order valence-corrected chi connectivity index (χ1v) is 13.3. The predicted molar refractivity (Wildman–Crippen MR) is 159 cm³/mol. The summed E-state index contributed by atoms with van der Waals surface area (Å²) in [6.45, 7) is 23.6. The number of anilines is 1. The largest absolute Gasteiger partial charge is 0.443 e. The Balaban J connectivity index is 0.00000196. The number of pyridine rings is 2. The van der Waals surface area contributed by atoms with Gasteiger partial charge >= 0.3 is 6.09 Å². The summed E-state index contributed by atoms with van der Waals surface area (Å²) in [5.41, 5.74) is 2.84. The molecule has 6 nitrogen and oxygen atoms in total. The van der Waals surface area contributed by atoms with Crippen LogP contribution in [0.25, 0.3) is 16.3 Å². The molecule has 0 saturated carbocycles. The van der Waals surface area contributed by atoms with Crippen LogP contribution < -0.4 is 4.90 Å². The standard InChI is InChI=1S/C25H33N3O3.C4H10.C2H6/c1-9-20(16(3)11-17(4)22(29)10-2)21-12-18-15-27-23(13-19(18)14-26-21)28(8)24(30)31-25(5,6)7;1-3-4-2;1-2/h9,11-15,22,29H,4,10H2,1-3,5-8H3;3-4H2,1-2H3;1-2H3/b16-11-,20-9+;;. The van der Waals surface area contributed by atoms with E-state index in [4.69, 9.17) is 4.74 Å². The third-order valence-electron chi connectivity index (χ3n) is 5.31. The smallest absolute Gasteiger partial charge is 0.415 e. The highest BCUT2D eigenvalue weighted by molar-refractivity contribution is 5.92. The summed E-state index contributed by atoms with van der Waals surface area (Å²) in [6, 6.07) is 3.78. The van der Waals surface area contributed by atoms with Gasteiger partial charge in [0.2, 0.25) is 0 Å². The maximum atomic E-state index is 12.3. The minimum absolute atomic E-state index is 0.463. The van der Waals surface area contributed by atoms with E-state index in [0.29, 0.717) is 17.8 Å². The molecule has 2 aromatic heterocycles. The van der Waals surface area contributed by atoms with Gasteiger partial charge in [-0.3, -0.25) is 9.88 Å². The molecule has 0 fully saturated rings. The molecular formula is C31H49N3O3. The van der Waals surface area contributed by atoms with Crippen LogP contribution >= 0.6 is 0 Å². The van der Waals surface area contributed by atoms with Crippen molar-refractivity contribution in [3.63, 3.8) is 0 Å². The number of hydrogen-bond donors (Lipinski definition) is 1. The second-order valence-electron chi connectivity index (χ2n) is 9.53. The maximum absolute atomic E-state index is 12.3. The van der Waals surface area contributed by atoms with Crippen molar-refractivity contribution in [3.8, 4) is 0 Å². The molecule has 2 heterocycles. The number of hydrogen-bond acceptors (Lipinski definition) is 5. The van der Waals surface area contributed by atoms with E-state index in [-0.39, 0.29) is 0 Å². The number of aliphatic hydroxyl groups is 1. The minimum Gasteiger partial charge on any atom is -0.443 e. The van der Waals surface area contributed by atoms with Crippen LogP contribution in [0.15, 0.2) is 54.4 Å². The van der Waals surface area contributed by atoms with Crippen LogP contribution in [0.3, 0.4) is 0 Å². The molecule has 0 aliphatic carbocycles. The first-order valence-electron chi connectivity index (χ1n) is 13.3. The molecule has 1 N–H and O–H groups in total. The normalized spacial score (nSPS) is 12.5. The number of carbonyl (C=O) groups excluding carboxylic acids is 1. The van der Waals surface area contributed by atoms with Crippen molar-refractivity contribution >= 4 is 28.3 Å². The maximum Gasteiger partial charge on any atom is 0.415 e. The van der Waals surface area contributed by atoms with Gasteiger partial charge in [-0.05, 0) is 69.9 Å². The van der Waals surface area contributed by atoms with Gasteiger partial charge in [0.05, 0.1) is 11.8 Å². The molecule has 0 radical (unpaired) electrons. The van der Waals surface area contributed by atoms with E-state index >= 15 is 0 Å². The van der Waals surface area contributed by atoms with Crippen molar-refractivity contribution in [1.29, 1.82) is 0 Å². The highest BCUT2D eigenvalue weighted by Crippen LogP contribution is 2.27. The van der Waals surface area contributed by atoms with Crippen LogP contribution in [-0.2, 0) is 4.74 Å². The Morgan fingerprint density at radius 3 is 2.14 bits per heavy atom. The van der Waals surface area contributed by atoms with Crippen molar-refractivity contribution in [2.45, 2.75) is 100 Å². The fraction of sp³-hybridized carbons (Fsp3) is 0.516. The van der Waals surface area contributed by atoms with Gasteiger partial charge < -0.3 is 9.84 Å². The molecule has 6 heteroatoms. The highest BCUT2D eigenvalue weighted by Gasteiger charge is 2.21. The summed E-state index contributed by atoms with van der Waals surface area (Å²) in [5, 5.41) is 11.8. The third kappa shape index (κ3) is 11.3. The van der Waals surface area contributed by atoms with E-state index in [1.165, 1.54) is 17.7 Å². The molecule has 0 aliphatic heterocycles. The van der Waals surface area contributed by atoms with Gasteiger partial charge in [0.15, 0.2) is 0 Å². The number of fused-ring (bicyclic) bond motifs is 1. The minimum atomic E-state index is -0.578. The van der Waals surface area contributed by atoms with Crippen molar-refractivity contribution in [1.82, 2.24) is 9.97 Å². The zero-order chi connectivity index (χ0) is 28.8. The fourth-order valence-corrected chi connectivity index (χ4v) is 3.07. The lowest BCUT2D eigenvalue weighted by Crippen LogP contribution is -2.34. The predicted octanol–water partition coefficient (Wildman–Crippen LogP) is 8.51. The quantitative estimate of drug-likeness (QED) is 0.377. The molecule has 37 heavy (non-hydrogen) atoms. The number of rotatable bonds is 7. The fourth-order valence-electron chi connectivity index (χ4n) is 3.07. The summed E-state index contributed by atoms with van der Waals surface area (Å²) >= 11 is 0. The molecule has 2 aromatic rings. The van der Waals surface area contributed by atoms with E-state index in [1.807, 2.05) is 79.7 Å². The first kappa shape index (κ1) is 34.0. The Bertz CT molecular complexity index is 1060. The summed E-state index contributed by atoms with van der Waals surface area (Å²) < 4.78 is 5.41. The molecule has 1 amide bonds. The number of ether oxygens (including phenoxy) is 1. The Hall–Kier alpha value is -2.99. The van der Waals surface area contributed by atoms with Crippen molar-refractivity contribution in [2.75, 3.05) is 11.9 Å². The number of amides is 1. The van der Waals surface area contributed by atoms with E-state index < -0.39 is 17.8 Å². The van der Waals surface area contributed by atoms with E-state index in [1.54, 1.807) is 19.4 Å². The van der Waals surface area contributed by atoms with Gasteiger partial charge in [-0.2, -0.15) is 0 Å². The van der Waals surface area contributed by atoms with Gasteiger partial charge in [-0.1, -0.05) is 66.2 Å². The molecule has 0 saturated heterocycles. The lowest BCUT2D eigenvalue weighted by molar-refractivity contribution is 0.0588. The lowest BCUT2D eigenvalue weighted by Gasteiger charge is -2.24. The second kappa shape index (κ2) is 16.7. The van der Waals surface area contributed by atoms with Crippen LogP contribution in [0.2, 0.25) is 0 Å². The highest BCUT2D eigenvalue weighted by atomic mass is 16.6. The lowest BCUT2D eigenvalue weighted by atomic mass is 9.98. The van der Waals surface area contributed by atoms with Gasteiger partial charge in [0, 0.05) is 30.2 Å².